The molecule has 7 rings (SSSR count). The summed E-state index contributed by atoms with van der Waals surface area (Å²) in [7, 11) is 0. The van der Waals surface area contributed by atoms with Crippen LogP contribution in [0, 0.1) is 6.92 Å². The van der Waals surface area contributed by atoms with E-state index >= 15 is 0 Å². The van der Waals surface area contributed by atoms with Gasteiger partial charge >= 0.3 is 0 Å². The first kappa shape index (κ1) is 32.6. The Bertz CT molecular complexity index is 2200. The Hall–Kier alpha value is -5.35. The number of carbonyl (C=O) groups excluding carboxylic acids is 1. The highest BCUT2D eigenvalue weighted by Crippen LogP contribution is 2.35. The molecule has 0 radical (unpaired) electrons. The van der Waals surface area contributed by atoms with Crippen LogP contribution in [0.15, 0.2) is 122 Å². The van der Waals surface area contributed by atoms with Gasteiger partial charge in [0.2, 0.25) is 5.95 Å². The fraction of sp³-hybridized carbons (Fsp3) is 0.108. The van der Waals surface area contributed by atoms with E-state index in [0.29, 0.717) is 34.6 Å². The maximum atomic E-state index is 14.0. The highest BCUT2D eigenvalue weighted by molar-refractivity contribution is 6.30. The highest BCUT2D eigenvalue weighted by atomic mass is 35.5. The van der Waals surface area contributed by atoms with Crippen molar-refractivity contribution in [1.82, 2.24) is 24.5 Å². The standard InChI is InChI=1S/C37H30ClN7O2.ClH/c1-23-16-17-27(20-30(23)44-37-40-21-26(38)22-41-37)42-36(47)34(46)32(19-24-9-3-2-4-10-24)45-31-15-6-5-14-29(31)43-35(45)28-13-7-11-25-12-8-18-39-33(25)28;/h2-18,20-22,32,34,46H,19H2,1H3,(H,42,47)(H,40,41,44);1H/t32-,34+;/m1./s1. The molecule has 3 heterocycles. The molecule has 0 bridgehead atoms. The van der Waals surface area contributed by atoms with Crippen LogP contribution < -0.4 is 10.6 Å². The molecule has 7 aromatic rings. The molecule has 3 N–H and O–H groups in total. The number of anilines is 3. The third-order valence-electron chi connectivity index (χ3n) is 8.09. The number of nitrogens with zero attached hydrogens (tertiary/aromatic N) is 5. The van der Waals surface area contributed by atoms with Crippen molar-refractivity contribution in [1.29, 1.82) is 0 Å². The van der Waals surface area contributed by atoms with Gasteiger partial charge in [-0.2, -0.15) is 0 Å². The van der Waals surface area contributed by atoms with E-state index < -0.39 is 18.1 Å². The number of imidazole rings is 1. The summed E-state index contributed by atoms with van der Waals surface area (Å²) in [6.45, 7) is 1.93. The van der Waals surface area contributed by atoms with Crippen molar-refractivity contribution >= 4 is 69.2 Å². The van der Waals surface area contributed by atoms with Gasteiger partial charge in [-0.15, -0.1) is 12.4 Å². The Morgan fingerprint density at radius 3 is 2.46 bits per heavy atom. The summed E-state index contributed by atoms with van der Waals surface area (Å²) in [4.78, 5) is 32.1. The van der Waals surface area contributed by atoms with Crippen LogP contribution in [0.1, 0.15) is 17.2 Å². The van der Waals surface area contributed by atoms with Crippen molar-refractivity contribution in [3.05, 3.63) is 138 Å². The zero-order valence-corrected chi connectivity index (χ0v) is 27.4. The van der Waals surface area contributed by atoms with Gasteiger partial charge in [0.15, 0.2) is 6.10 Å². The molecule has 240 valence electrons. The van der Waals surface area contributed by atoms with Crippen molar-refractivity contribution in [3.63, 3.8) is 0 Å². The number of aliphatic hydroxyl groups is 1. The van der Waals surface area contributed by atoms with E-state index in [9.17, 15) is 9.90 Å². The number of aliphatic hydroxyl groups excluding tert-OH is 1. The lowest BCUT2D eigenvalue weighted by Crippen LogP contribution is -2.37. The van der Waals surface area contributed by atoms with Crippen LogP contribution in [-0.4, -0.2) is 41.6 Å². The van der Waals surface area contributed by atoms with Crippen LogP contribution in [0.5, 0.6) is 0 Å². The maximum absolute atomic E-state index is 14.0. The topological polar surface area (TPSA) is 118 Å². The molecule has 0 spiro atoms. The van der Waals surface area contributed by atoms with Crippen LogP contribution in [0.4, 0.5) is 17.3 Å². The van der Waals surface area contributed by atoms with Gasteiger partial charge in [-0.25, -0.2) is 15.0 Å². The number of rotatable bonds is 9. The number of carbonyl (C=O) groups is 1. The normalized spacial score (nSPS) is 12.3. The lowest BCUT2D eigenvalue weighted by atomic mass is 9.99. The van der Waals surface area contributed by atoms with E-state index in [0.717, 1.165) is 38.6 Å². The smallest absolute Gasteiger partial charge is 0.255 e. The Balaban J connectivity index is 0.00000401. The maximum Gasteiger partial charge on any atom is 0.255 e. The monoisotopic (exact) mass is 675 g/mol. The van der Waals surface area contributed by atoms with Crippen LogP contribution >= 0.6 is 24.0 Å². The van der Waals surface area contributed by atoms with Gasteiger partial charge in [0.1, 0.15) is 5.82 Å². The van der Waals surface area contributed by atoms with Crippen LogP contribution in [-0.2, 0) is 11.2 Å². The summed E-state index contributed by atoms with van der Waals surface area (Å²) in [6, 6.07) is 32.2. The van der Waals surface area contributed by atoms with Gasteiger partial charge in [0.05, 0.1) is 40.0 Å². The van der Waals surface area contributed by atoms with Crippen LogP contribution in [0.25, 0.3) is 33.3 Å². The largest absolute Gasteiger partial charge is 0.381 e. The number of hydrogen-bond donors (Lipinski definition) is 3. The summed E-state index contributed by atoms with van der Waals surface area (Å²) >= 11 is 5.94. The first-order valence-electron chi connectivity index (χ1n) is 15.1. The third-order valence-corrected chi connectivity index (χ3v) is 8.29. The zero-order valence-electron chi connectivity index (χ0n) is 25.8. The number of aryl methyl sites for hydroxylation is 1. The molecule has 48 heavy (non-hydrogen) atoms. The number of amides is 1. The third kappa shape index (κ3) is 6.70. The first-order chi connectivity index (χ1) is 22.9. The molecule has 9 nitrogen and oxygen atoms in total. The number of nitrogens with one attached hydrogen (secondary N) is 2. The fourth-order valence-electron chi connectivity index (χ4n) is 5.78. The average Bonchev–Trinajstić information content (AvgIpc) is 3.48. The number of para-hydroxylation sites is 3. The minimum Gasteiger partial charge on any atom is -0.381 e. The molecule has 4 aromatic carbocycles. The van der Waals surface area contributed by atoms with Gasteiger partial charge < -0.3 is 20.3 Å². The molecule has 11 heteroatoms. The lowest BCUT2D eigenvalue weighted by Gasteiger charge is -2.27. The highest BCUT2D eigenvalue weighted by Gasteiger charge is 2.32. The molecule has 1 amide bonds. The van der Waals surface area contributed by atoms with Gasteiger partial charge in [0.25, 0.3) is 5.91 Å². The number of hydrogen-bond acceptors (Lipinski definition) is 7. The van der Waals surface area contributed by atoms with Gasteiger partial charge in [-0.3, -0.25) is 9.78 Å². The van der Waals surface area contributed by atoms with E-state index in [1.54, 1.807) is 18.3 Å². The van der Waals surface area contributed by atoms with Gasteiger partial charge in [-0.05, 0) is 60.9 Å². The minimum absolute atomic E-state index is 0. The SMILES string of the molecule is Cc1ccc(NC(=O)[C@@H](O)[C@@H](Cc2ccccc2)n2c(-c3cccc4cccnc34)nc3ccccc32)cc1Nc1ncc(Cl)cn1.Cl. The van der Waals surface area contributed by atoms with Crippen LogP contribution in [0.3, 0.4) is 0 Å². The number of aromatic nitrogens is 5. The van der Waals surface area contributed by atoms with E-state index in [1.807, 2.05) is 102 Å². The molecule has 0 saturated heterocycles. The number of pyridine rings is 1. The second-order valence-electron chi connectivity index (χ2n) is 11.2. The van der Waals surface area contributed by atoms with E-state index in [1.165, 1.54) is 12.4 Å². The van der Waals surface area contributed by atoms with Gasteiger partial charge in [0, 0.05) is 28.5 Å². The molecule has 0 aliphatic rings. The Morgan fingerprint density at radius 2 is 1.65 bits per heavy atom. The summed E-state index contributed by atoms with van der Waals surface area (Å²) < 4.78 is 1.98. The summed E-state index contributed by atoms with van der Waals surface area (Å²) in [5.74, 6) is 0.433. The van der Waals surface area contributed by atoms with Gasteiger partial charge in [-0.1, -0.05) is 78.3 Å². The fourth-order valence-corrected chi connectivity index (χ4v) is 5.87. The summed E-state index contributed by atoms with van der Waals surface area (Å²) in [6.07, 6.45) is 3.68. The number of halogens is 2. The number of benzene rings is 4. The molecule has 0 fully saturated rings. The van der Waals surface area contributed by atoms with Crippen molar-refractivity contribution in [3.8, 4) is 11.4 Å². The molecular formula is C37H31Cl2N7O2. The van der Waals surface area contributed by atoms with Crippen molar-refractivity contribution < 1.29 is 9.90 Å². The average molecular weight is 677 g/mol. The molecule has 3 aromatic heterocycles. The molecule has 0 aliphatic heterocycles. The second kappa shape index (κ2) is 14.2. The van der Waals surface area contributed by atoms with Crippen molar-refractivity contribution in [2.75, 3.05) is 10.6 Å². The molecule has 0 unspecified atom stereocenters. The Morgan fingerprint density at radius 1 is 0.896 bits per heavy atom. The molecule has 2 atom stereocenters. The van der Waals surface area contributed by atoms with E-state index in [2.05, 4.69) is 25.6 Å². The molecule has 0 saturated carbocycles. The van der Waals surface area contributed by atoms with Crippen LogP contribution in [0.2, 0.25) is 5.02 Å². The minimum atomic E-state index is -1.45. The quantitative estimate of drug-likeness (QED) is 0.142. The second-order valence-corrected chi connectivity index (χ2v) is 11.7. The Labute approximate surface area is 288 Å². The lowest BCUT2D eigenvalue weighted by molar-refractivity contribution is -0.126. The summed E-state index contributed by atoms with van der Waals surface area (Å²) in [5.41, 5.74) is 6.23. The predicted molar refractivity (Wildman–Crippen MR) is 193 cm³/mol. The molecule has 0 aliphatic carbocycles. The van der Waals surface area contributed by atoms with Crippen molar-refractivity contribution in [2.45, 2.75) is 25.5 Å². The van der Waals surface area contributed by atoms with Crippen molar-refractivity contribution in [2.24, 2.45) is 0 Å². The Kier molecular flexibility index (Phi) is 9.63. The summed E-state index contributed by atoms with van der Waals surface area (Å²) in [5, 5.41) is 19.5. The van der Waals surface area contributed by atoms with E-state index in [-0.39, 0.29) is 12.4 Å². The zero-order chi connectivity index (χ0) is 32.3. The predicted octanol–water partition coefficient (Wildman–Crippen LogP) is 7.95. The first-order valence-corrected chi connectivity index (χ1v) is 15.5. The van der Waals surface area contributed by atoms with E-state index in [4.69, 9.17) is 16.6 Å². The number of fused-ring (bicyclic) bond motifs is 2. The molecular weight excluding hydrogens is 645 g/mol.